The van der Waals surface area contributed by atoms with Crippen LogP contribution in [0, 0.1) is 11.3 Å². The van der Waals surface area contributed by atoms with Gasteiger partial charge < -0.3 is 5.11 Å². The maximum Gasteiger partial charge on any atom is 0.0593 e. The molecule has 0 spiro atoms. The molecule has 13 heavy (non-hydrogen) atoms. The van der Waals surface area contributed by atoms with Gasteiger partial charge in [-0.3, -0.25) is 0 Å². The Morgan fingerprint density at radius 3 is 2.62 bits per heavy atom. The zero-order valence-corrected chi connectivity index (χ0v) is 9.34. The van der Waals surface area contributed by atoms with Crippen molar-refractivity contribution in [3.63, 3.8) is 0 Å². The molecule has 0 bridgehead atoms. The van der Waals surface area contributed by atoms with Crippen molar-refractivity contribution in [3.05, 3.63) is 0 Å². The molecule has 0 aromatic heterocycles. The highest BCUT2D eigenvalue weighted by Gasteiger charge is 2.53. The van der Waals surface area contributed by atoms with Crippen LogP contribution in [0.15, 0.2) is 0 Å². The van der Waals surface area contributed by atoms with E-state index in [2.05, 4.69) is 20.8 Å². The molecule has 3 atom stereocenters. The van der Waals surface area contributed by atoms with Crippen LogP contribution in [0.1, 0.15) is 59.3 Å². The molecule has 0 aromatic rings. The van der Waals surface area contributed by atoms with Gasteiger partial charge in [-0.1, -0.05) is 40.0 Å². The first kappa shape index (κ1) is 11.0. The molecule has 1 aliphatic carbocycles. The summed E-state index contributed by atoms with van der Waals surface area (Å²) < 4.78 is 0. The number of hydrogen-bond donors (Lipinski definition) is 1. The highest BCUT2D eigenvalue weighted by molar-refractivity contribution is 5.02. The molecule has 78 valence electrons. The van der Waals surface area contributed by atoms with Gasteiger partial charge in [-0.2, -0.15) is 0 Å². The first-order valence-electron chi connectivity index (χ1n) is 5.83. The number of unbranched alkanes of at least 4 members (excludes halogenated alkanes) is 2. The first-order valence-corrected chi connectivity index (χ1v) is 5.83. The van der Waals surface area contributed by atoms with Crippen molar-refractivity contribution in [1.82, 2.24) is 0 Å². The van der Waals surface area contributed by atoms with E-state index in [-0.39, 0.29) is 11.5 Å². The van der Waals surface area contributed by atoms with Gasteiger partial charge in [-0.15, -0.1) is 0 Å². The lowest BCUT2D eigenvalue weighted by molar-refractivity contribution is 0.0883. The fraction of sp³-hybridized carbons (Fsp3) is 1.00. The van der Waals surface area contributed by atoms with Gasteiger partial charge in [0, 0.05) is 0 Å². The summed E-state index contributed by atoms with van der Waals surface area (Å²) in [4.78, 5) is 0. The van der Waals surface area contributed by atoms with E-state index in [1.807, 2.05) is 0 Å². The van der Waals surface area contributed by atoms with Crippen molar-refractivity contribution >= 4 is 0 Å². The Balaban J connectivity index is 2.19. The highest BCUT2D eigenvalue weighted by Crippen LogP contribution is 2.57. The summed E-state index contributed by atoms with van der Waals surface area (Å²) in [7, 11) is 0. The first-order chi connectivity index (χ1) is 6.15. The van der Waals surface area contributed by atoms with Crippen LogP contribution in [0.4, 0.5) is 0 Å². The van der Waals surface area contributed by atoms with Crippen LogP contribution in [-0.2, 0) is 0 Å². The zero-order chi connectivity index (χ0) is 9.90. The highest BCUT2D eigenvalue weighted by atomic mass is 16.3. The third kappa shape index (κ3) is 2.46. The van der Waals surface area contributed by atoms with Gasteiger partial charge in [0.15, 0.2) is 0 Å². The zero-order valence-electron chi connectivity index (χ0n) is 9.34. The Morgan fingerprint density at radius 2 is 2.08 bits per heavy atom. The standard InChI is InChI=1S/C12H24O/c1-4-6-7-8-10-9-12(10,3)11(13)5-2/h10-11,13H,4-9H2,1-3H3/t10-,11-,12-/m0/s1. The molecule has 1 aliphatic rings. The van der Waals surface area contributed by atoms with E-state index in [1.165, 1.54) is 32.1 Å². The SMILES string of the molecule is CCCCC[C@H]1C[C@]1(C)[C@@H](O)CC. The lowest BCUT2D eigenvalue weighted by Crippen LogP contribution is -2.19. The lowest BCUT2D eigenvalue weighted by Gasteiger charge is -2.17. The van der Waals surface area contributed by atoms with Crippen molar-refractivity contribution in [3.8, 4) is 0 Å². The van der Waals surface area contributed by atoms with Gasteiger partial charge in [0.25, 0.3) is 0 Å². The van der Waals surface area contributed by atoms with E-state index in [0.717, 1.165) is 12.3 Å². The lowest BCUT2D eigenvalue weighted by atomic mass is 9.94. The van der Waals surface area contributed by atoms with Crippen LogP contribution in [0.25, 0.3) is 0 Å². The maximum atomic E-state index is 9.78. The van der Waals surface area contributed by atoms with Crippen LogP contribution >= 0.6 is 0 Å². The van der Waals surface area contributed by atoms with Crippen molar-refractivity contribution in [2.45, 2.75) is 65.4 Å². The van der Waals surface area contributed by atoms with Crippen LogP contribution in [0.3, 0.4) is 0 Å². The Labute approximate surface area is 82.5 Å². The van der Waals surface area contributed by atoms with Crippen molar-refractivity contribution in [2.75, 3.05) is 0 Å². The van der Waals surface area contributed by atoms with Crippen LogP contribution in [-0.4, -0.2) is 11.2 Å². The molecule has 1 saturated carbocycles. The van der Waals surface area contributed by atoms with E-state index in [9.17, 15) is 5.11 Å². The smallest absolute Gasteiger partial charge is 0.0593 e. The molecule has 0 heterocycles. The summed E-state index contributed by atoms with van der Waals surface area (Å²) in [5.74, 6) is 0.814. The minimum absolute atomic E-state index is 0.0564. The summed E-state index contributed by atoms with van der Waals surface area (Å²) in [6, 6.07) is 0. The predicted molar refractivity (Wildman–Crippen MR) is 56.7 cm³/mol. The van der Waals surface area contributed by atoms with E-state index < -0.39 is 0 Å². The van der Waals surface area contributed by atoms with E-state index >= 15 is 0 Å². The minimum Gasteiger partial charge on any atom is -0.393 e. The van der Waals surface area contributed by atoms with Gasteiger partial charge in [0.2, 0.25) is 0 Å². The third-order valence-electron chi connectivity index (χ3n) is 3.76. The number of hydrogen-bond acceptors (Lipinski definition) is 1. The molecular weight excluding hydrogens is 160 g/mol. The van der Waals surface area contributed by atoms with Gasteiger partial charge in [-0.25, -0.2) is 0 Å². The fourth-order valence-electron chi connectivity index (χ4n) is 2.42. The van der Waals surface area contributed by atoms with Crippen molar-refractivity contribution in [1.29, 1.82) is 0 Å². The third-order valence-corrected chi connectivity index (χ3v) is 3.76. The van der Waals surface area contributed by atoms with Gasteiger partial charge >= 0.3 is 0 Å². The molecule has 0 amide bonds. The van der Waals surface area contributed by atoms with E-state index in [4.69, 9.17) is 0 Å². The summed E-state index contributed by atoms with van der Waals surface area (Å²) >= 11 is 0. The second-order valence-corrected chi connectivity index (χ2v) is 4.83. The molecule has 1 nitrogen and oxygen atoms in total. The average molecular weight is 184 g/mol. The normalized spacial score (nSPS) is 34.6. The largest absolute Gasteiger partial charge is 0.393 e. The summed E-state index contributed by atoms with van der Waals surface area (Å²) in [5, 5.41) is 9.78. The fourth-order valence-corrected chi connectivity index (χ4v) is 2.42. The van der Waals surface area contributed by atoms with Gasteiger partial charge in [0.1, 0.15) is 0 Å². The molecule has 0 unspecified atom stereocenters. The second kappa shape index (κ2) is 4.45. The van der Waals surface area contributed by atoms with E-state index in [1.54, 1.807) is 0 Å². The molecule has 0 aliphatic heterocycles. The Morgan fingerprint density at radius 1 is 1.38 bits per heavy atom. The molecule has 1 fully saturated rings. The average Bonchev–Trinajstić information content (AvgIpc) is 2.78. The quantitative estimate of drug-likeness (QED) is 0.627. The maximum absolute atomic E-state index is 9.78. The number of aliphatic hydroxyl groups excluding tert-OH is 1. The minimum atomic E-state index is -0.0564. The van der Waals surface area contributed by atoms with Crippen LogP contribution in [0.2, 0.25) is 0 Å². The van der Waals surface area contributed by atoms with E-state index in [0.29, 0.717) is 0 Å². The Hall–Kier alpha value is -0.0400. The number of aliphatic hydroxyl groups is 1. The molecule has 1 heteroatoms. The van der Waals surface area contributed by atoms with Gasteiger partial charge in [0.05, 0.1) is 6.10 Å². The van der Waals surface area contributed by atoms with Crippen molar-refractivity contribution in [2.24, 2.45) is 11.3 Å². The van der Waals surface area contributed by atoms with Crippen molar-refractivity contribution < 1.29 is 5.11 Å². The molecule has 1 rings (SSSR count). The molecular formula is C12H24O. The topological polar surface area (TPSA) is 20.2 Å². The van der Waals surface area contributed by atoms with Crippen LogP contribution < -0.4 is 0 Å². The van der Waals surface area contributed by atoms with Gasteiger partial charge in [-0.05, 0) is 30.6 Å². The predicted octanol–water partition coefficient (Wildman–Crippen LogP) is 3.36. The second-order valence-electron chi connectivity index (χ2n) is 4.83. The molecule has 0 radical (unpaired) electrons. The number of rotatable bonds is 6. The Kier molecular flexibility index (Phi) is 3.78. The molecule has 0 aromatic carbocycles. The summed E-state index contributed by atoms with van der Waals surface area (Å²) in [6.45, 7) is 6.57. The molecule has 1 N–H and O–H groups in total. The summed E-state index contributed by atoms with van der Waals surface area (Å²) in [5.41, 5.74) is 0.280. The van der Waals surface area contributed by atoms with Crippen LogP contribution in [0.5, 0.6) is 0 Å². The Bertz CT molecular complexity index is 155. The monoisotopic (exact) mass is 184 g/mol. The molecule has 0 saturated heterocycles. The summed E-state index contributed by atoms with van der Waals surface area (Å²) in [6.07, 6.45) is 7.47.